The summed E-state index contributed by atoms with van der Waals surface area (Å²) in [5, 5.41) is 7.15. The molecule has 0 bridgehead atoms. The normalized spacial score (nSPS) is 14.8. The molecule has 0 aromatic heterocycles. The summed E-state index contributed by atoms with van der Waals surface area (Å²) in [5.41, 5.74) is 10.6. The molecular formula is C13H23N7O2. The number of carbonyl (C=O) groups is 2. The number of hydrogen-bond donors (Lipinski definition) is 1. The molecule has 122 valence electrons. The average Bonchev–Trinajstić information content (AvgIpc) is 2.55. The molecule has 1 fully saturated rings. The van der Waals surface area contributed by atoms with Crippen molar-refractivity contribution < 1.29 is 9.59 Å². The van der Waals surface area contributed by atoms with Gasteiger partial charge >= 0.3 is 6.03 Å². The third-order valence-electron chi connectivity index (χ3n) is 3.42. The van der Waals surface area contributed by atoms with Gasteiger partial charge in [-0.15, -0.1) is 0 Å². The molecule has 9 nitrogen and oxygen atoms in total. The van der Waals surface area contributed by atoms with E-state index in [1.807, 2.05) is 0 Å². The fourth-order valence-corrected chi connectivity index (χ4v) is 2.19. The van der Waals surface area contributed by atoms with Crippen LogP contribution in [-0.4, -0.2) is 60.7 Å². The van der Waals surface area contributed by atoms with Gasteiger partial charge in [0.05, 0.1) is 0 Å². The highest BCUT2D eigenvalue weighted by Gasteiger charge is 2.23. The Kier molecular flexibility index (Phi) is 8.44. The molecule has 0 radical (unpaired) electrons. The van der Waals surface area contributed by atoms with E-state index in [2.05, 4.69) is 20.6 Å². The molecule has 0 spiro atoms. The van der Waals surface area contributed by atoms with E-state index in [9.17, 15) is 9.59 Å². The number of nitrogens with zero attached hydrogens (tertiary/aromatic N) is 6. The van der Waals surface area contributed by atoms with Crippen molar-refractivity contribution in [2.24, 2.45) is 10.2 Å². The minimum atomic E-state index is -0.233. The number of amides is 3. The first-order valence-corrected chi connectivity index (χ1v) is 7.50. The van der Waals surface area contributed by atoms with E-state index in [4.69, 9.17) is 5.53 Å². The SMILES string of the molecule is C/C=N/NC(=O)N1CCN(C(=O)CCCCCN=[N+]=[N-])CC1. The lowest BCUT2D eigenvalue weighted by molar-refractivity contribution is -0.132. The van der Waals surface area contributed by atoms with Gasteiger partial charge in [-0.25, -0.2) is 10.2 Å². The number of carbonyl (C=O) groups excluding carboxylic acids is 2. The third-order valence-corrected chi connectivity index (χ3v) is 3.42. The molecule has 9 heteroatoms. The van der Waals surface area contributed by atoms with Crippen molar-refractivity contribution in [3.8, 4) is 0 Å². The van der Waals surface area contributed by atoms with Crippen LogP contribution in [0, 0.1) is 0 Å². The Balaban J connectivity index is 2.19. The largest absolute Gasteiger partial charge is 0.339 e. The molecular weight excluding hydrogens is 286 g/mol. The molecule has 0 unspecified atom stereocenters. The van der Waals surface area contributed by atoms with E-state index in [0.717, 1.165) is 19.3 Å². The molecule has 1 aliphatic rings. The number of hydrogen-bond acceptors (Lipinski definition) is 4. The number of piperazine rings is 1. The van der Waals surface area contributed by atoms with Crippen molar-refractivity contribution >= 4 is 18.2 Å². The molecule has 1 rings (SSSR count). The zero-order chi connectivity index (χ0) is 16.2. The van der Waals surface area contributed by atoms with E-state index < -0.39 is 0 Å². The van der Waals surface area contributed by atoms with E-state index in [-0.39, 0.29) is 11.9 Å². The fourth-order valence-electron chi connectivity index (χ4n) is 2.19. The molecule has 22 heavy (non-hydrogen) atoms. The Bertz CT molecular complexity index is 438. The molecule has 0 aromatic rings. The monoisotopic (exact) mass is 309 g/mol. The zero-order valence-corrected chi connectivity index (χ0v) is 12.9. The lowest BCUT2D eigenvalue weighted by Crippen LogP contribution is -2.52. The summed E-state index contributed by atoms with van der Waals surface area (Å²) in [5.74, 6) is 0.121. The van der Waals surface area contributed by atoms with Crippen LogP contribution in [-0.2, 0) is 4.79 Å². The molecule has 3 amide bonds. The second-order valence-electron chi connectivity index (χ2n) is 4.94. The van der Waals surface area contributed by atoms with E-state index in [1.54, 1.807) is 16.7 Å². The summed E-state index contributed by atoms with van der Waals surface area (Å²) >= 11 is 0. The molecule has 0 atom stereocenters. The summed E-state index contributed by atoms with van der Waals surface area (Å²) in [6.07, 6.45) is 4.50. The third kappa shape index (κ3) is 6.45. The summed E-state index contributed by atoms with van der Waals surface area (Å²) in [6.45, 7) is 4.37. The van der Waals surface area contributed by atoms with Crippen LogP contribution in [0.4, 0.5) is 4.79 Å². The van der Waals surface area contributed by atoms with Gasteiger partial charge in [0.15, 0.2) is 0 Å². The highest BCUT2D eigenvalue weighted by atomic mass is 16.2. The van der Waals surface area contributed by atoms with Crippen LogP contribution < -0.4 is 5.43 Å². The van der Waals surface area contributed by atoms with Gasteiger partial charge in [0.2, 0.25) is 5.91 Å². The molecule has 1 aliphatic heterocycles. The van der Waals surface area contributed by atoms with Gasteiger partial charge in [-0.2, -0.15) is 5.10 Å². The van der Waals surface area contributed by atoms with Crippen LogP contribution in [0.1, 0.15) is 32.6 Å². The molecule has 0 aliphatic carbocycles. The van der Waals surface area contributed by atoms with E-state index in [1.165, 1.54) is 6.21 Å². The topological polar surface area (TPSA) is 114 Å². The van der Waals surface area contributed by atoms with Gasteiger partial charge in [-0.3, -0.25) is 4.79 Å². The van der Waals surface area contributed by atoms with Gasteiger partial charge < -0.3 is 9.80 Å². The van der Waals surface area contributed by atoms with Crippen molar-refractivity contribution in [3.63, 3.8) is 0 Å². The van der Waals surface area contributed by atoms with Gasteiger partial charge in [0.1, 0.15) is 0 Å². The Hall–Kier alpha value is -2.28. The maximum Gasteiger partial charge on any atom is 0.337 e. The second kappa shape index (κ2) is 10.4. The Labute approximate surface area is 130 Å². The Morgan fingerprint density at radius 1 is 1.18 bits per heavy atom. The average molecular weight is 309 g/mol. The minimum Gasteiger partial charge on any atom is -0.339 e. The first-order chi connectivity index (χ1) is 10.7. The summed E-state index contributed by atoms with van der Waals surface area (Å²) in [7, 11) is 0. The van der Waals surface area contributed by atoms with Crippen molar-refractivity contribution in [1.29, 1.82) is 0 Å². The smallest absolute Gasteiger partial charge is 0.337 e. The van der Waals surface area contributed by atoms with Crippen LogP contribution in [0.3, 0.4) is 0 Å². The van der Waals surface area contributed by atoms with Gasteiger partial charge in [0, 0.05) is 50.3 Å². The van der Waals surface area contributed by atoms with Crippen LogP contribution >= 0.6 is 0 Å². The lowest BCUT2D eigenvalue weighted by Gasteiger charge is -2.34. The minimum absolute atomic E-state index is 0.121. The number of rotatable bonds is 7. The Morgan fingerprint density at radius 3 is 2.50 bits per heavy atom. The fraction of sp³-hybridized carbons (Fsp3) is 0.769. The van der Waals surface area contributed by atoms with Crippen molar-refractivity contribution in [1.82, 2.24) is 15.2 Å². The molecule has 0 saturated carbocycles. The highest BCUT2D eigenvalue weighted by Crippen LogP contribution is 2.08. The zero-order valence-electron chi connectivity index (χ0n) is 12.9. The predicted molar refractivity (Wildman–Crippen MR) is 83.3 cm³/mol. The van der Waals surface area contributed by atoms with Crippen molar-refractivity contribution in [2.75, 3.05) is 32.7 Å². The van der Waals surface area contributed by atoms with Crippen LogP contribution in [0.15, 0.2) is 10.2 Å². The van der Waals surface area contributed by atoms with Crippen LogP contribution in [0.5, 0.6) is 0 Å². The maximum atomic E-state index is 12.0. The number of unbranched alkanes of at least 4 members (excludes halogenated alkanes) is 2. The molecule has 0 aromatic carbocycles. The van der Waals surface area contributed by atoms with Crippen LogP contribution in [0.25, 0.3) is 10.4 Å². The predicted octanol–water partition coefficient (Wildman–Crippen LogP) is 1.72. The van der Waals surface area contributed by atoms with E-state index >= 15 is 0 Å². The number of azide groups is 1. The Morgan fingerprint density at radius 2 is 1.86 bits per heavy atom. The first-order valence-electron chi connectivity index (χ1n) is 7.50. The van der Waals surface area contributed by atoms with Gasteiger partial charge in [-0.05, 0) is 25.3 Å². The molecule has 1 saturated heterocycles. The van der Waals surface area contributed by atoms with Crippen molar-refractivity contribution in [3.05, 3.63) is 10.4 Å². The lowest BCUT2D eigenvalue weighted by atomic mass is 10.1. The summed E-state index contributed by atoms with van der Waals surface area (Å²) in [4.78, 5) is 29.9. The maximum absolute atomic E-state index is 12.0. The number of hydrazone groups is 1. The van der Waals surface area contributed by atoms with Crippen LogP contribution in [0.2, 0.25) is 0 Å². The van der Waals surface area contributed by atoms with E-state index in [0.29, 0.717) is 39.1 Å². The number of urea groups is 1. The number of nitrogens with one attached hydrogen (secondary N) is 1. The van der Waals surface area contributed by atoms with Gasteiger partial charge in [-0.1, -0.05) is 11.5 Å². The molecule has 1 N–H and O–H groups in total. The first kappa shape index (κ1) is 17.8. The van der Waals surface area contributed by atoms with Crippen molar-refractivity contribution in [2.45, 2.75) is 32.6 Å². The van der Waals surface area contributed by atoms with Gasteiger partial charge in [0.25, 0.3) is 0 Å². The summed E-state index contributed by atoms with van der Waals surface area (Å²) < 4.78 is 0. The standard InChI is InChI=1S/C13H23N7O2/c1-2-15-17-13(22)20-10-8-19(9-11-20)12(21)6-4-3-5-7-16-18-14/h2H,3-11H2,1H3,(H,17,22)/b15-2+. The summed E-state index contributed by atoms with van der Waals surface area (Å²) in [6, 6.07) is -0.233. The quantitative estimate of drug-likeness (QED) is 0.193. The second-order valence-corrected chi connectivity index (χ2v) is 4.94. The molecule has 1 heterocycles. The highest BCUT2D eigenvalue weighted by molar-refractivity contribution is 5.77.